The Morgan fingerprint density at radius 3 is 2.57 bits per heavy atom. The van der Waals surface area contributed by atoms with Crippen molar-refractivity contribution < 1.29 is 9.53 Å². The zero-order valence-electron chi connectivity index (χ0n) is 13.5. The van der Waals surface area contributed by atoms with Gasteiger partial charge >= 0.3 is 0 Å². The maximum absolute atomic E-state index is 12.5. The molecule has 1 aromatic carbocycles. The van der Waals surface area contributed by atoms with Crippen LogP contribution in [0.25, 0.3) is 0 Å². The average Bonchev–Trinajstić information content (AvgIpc) is 2.85. The van der Waals surface area contributed by atoms with E-state index in [0.717, 1.165) is 18.5 Å². The lowest BCUT2D eigenvalue weighted by atomic mass is 9.89. The summed E-state index contributed by atoms with van der Waals surface area (Å²) in [6.45, 7) is 0. The Hall–Kier alpha value is -0.970. The van der Waals surface area contributed by atoms with Crippen LogP contribution in [-0.2, 0) is 4.79 Å². The first kappa shape index (κ1) is 18.4. The van der Waals surface area contributed by atoms with Gasteiger partial charge < -0.3 is 15.0 Å². The van der Waals surface area contributed by atoms with Crippen LogP contribution in [0.15, 0.2) is 18.2 Å². The fraction of sp³-hybridized carbons (Fsp3) is 0.588. The molecule has 1 aromatic rings. The van der Waals surface area contributed by atoms with Gasteiger partial charge in [0, 0.05) is 31.2 Å². The Balaban J connectivity index is 0.00000192. The van der Waals surface area contributed by atoms with Crippen LogP contribution in [0.1, 0.15) is 32.1 Å². The number of nitrogens with zero attached hydrogens (tertiary/aromatic N) is 1. The molecule has 2 bridgehead atoms. The van der Waals surface area contributed by atoms with Gasteiger partial charge in [-0.05, 0) is 49.8 Å². The molecule has 128 valence electrons. The molecule has 4 nitrogen and oxygen atoms in total. The molecule has 2 heterocycles. The predicted molar refractivity (Wildman–Crippen MR) is 95.9 cm³/mol. The van der Waals surface area contributed by atoms with Crippen molar-refractivity contribution in [3.05, 3.63) is 23.2 Å². The minimum Gasteiger partial charge on any atom is -0.495 e. The van der Waals surface area contributed by atoms with E-state index in [2.05, 4.69) is 5.32 Å². The molecule has 0 aliphatic carbocycles. The summed E-state index contributed by atoms with van der Waals surface area (Å²) < 4.78 is 5.15. The fourth-order valence-corrected chi connectivity index (χ4v) is 3.99. The van der Waals surface area contributed by atoms with Crippen LogP contribution >= 0.6 is 24.0 Å². The Morgan fingerprint density at radius 1 is 1.35 bits per heavy atom. The van der Waals surface area contributed by atoms with E-state index >= 15 is 0 Å². The zero-order valence-corrected chi connectivity index (χ0v) is 15.1. The average molecular weight is 359 g/mol. The van der Waals surface area contributed by atoms with E-state index in [4.69, 9.17) is 16.3 Å². The van der Waals surface area contributed by atoms with Crippen LogP contribution in [0.4, 0.5) is 5.69 Å². The zero-order chi connectivity index (χ0) is 15.7. The van der Waals surface area contributed by atoms with Crippen LogP contribution in [0.5, 0.6) is 5.75 Å². The van der Waals surface area contributed by atoms with Crippen LogP contribution in [0, 0.1) is 5.92 Å². The third-order valence-corrected chi connectivity index (χ3v) is 5.23. The third-order valence-electron chi connectivity index (χ3n) is 4.93. The van der Waals surface area contributed by atoms with Gasteiger partial charge in [0.2, 0.25) is 5.91 Å². The van der Waals surface area contributed by atoms with Crippen molar-refractivity contribution in [3.8, 4) is 5.75 Å². The molecular formula is C17H24Cl2N2O2. The lowest BCUT2D eigenvalue weighted by Gasteiger charge is -2.30. The molecule has 2 atom stereocenters. The number of amides is 1. The van der Waals surface area contributed by atoms with Gasteiger partial charge in [-0.2, -0.15) is 0 Å². The Kier molecular flexibility index (Phi) is 6.18. The molecule has 2 aliphatic rings. The number of hydrogen-bond donors (Lipinski definition) is 1. The monoisotopic (exact) mass is 358 g/mol. The van der Waals surface area contributed by atoms with Crippen molar-refractivity contribution >= 4 is 35.6 Å². The van der Waals surface area contributed by atoms with Gasteiger partial charge in [0.05, 0.1) is 12.1 Å². The number of carbonyl (C=O) groups is 1. The summed E-state index contributed by atoms with van der Waals surface area (Å²) in [5.41, 5.74) is 0.813. The first-order valence-corrected chi connectivity index (χ1v) is 8.30. The summed E-state index contributed by atoms with van der Waals surface area (Å²) in [5.74, 6) is 1.29. The highest BCUT2D eigenvalue weighted by Gasteiger charge is 2.34. The summed E-state index contributed by atoms with van der Waals surface area (Å²) in [6, 6.07) is 6.69. The summed E-state index contributed by atoms with van der Waals surface area (Å²) in [5, 5.41) is 4.15. The maximum Gasteiger partial charge on any atom is 0.226 e. The summed E-state index contributed by atoms with van der Waals surface area (Å²) >= 11 is 6.15. The minimum atomic E-state index is 0. The van der Waals surface area contributed by atoms with E-state index < -0.39 is 0 Å². The van der Waals surface area contributed by atoms with Gasteiger partial charge in [0.25, 0.3) is 0 Å². The molecule has 1 N–H and O–H groups in total. The van der Waals surface area contributed by atoms with Crippen LogP contribution in [0.2, 0.25) is 5.02 Å². The number of fused-ring (bicyclic) bond motifs is 2. The normalized spacial score (nSPS) is 25.6. The van der Waals surface area contributed by atoms with Gasteiger partial charge in [0.15, 0.2) is 0 Å². The van der Waals surface area contributed by atoms with E-state index in [9.17, 15) is 4.79 Å². The Labute approximate surface area is 148 Å². The largest absolute Gasteiger partial charge is 0.495 e. The van der Waals surface area contributed by atoms with Crippen molar-refractivity contribution in [2.24, 2.45) is 5.92 Å². The Bertz CT molecular complexity index is 556. The van der Waals surface area contributed by atoms with E-state index in [0.29, 0.717) is 35.2 Å². The highest BCUT2D eigenvalue weighted by atomic mass is 35.5. The quantitative estimate of drug-likeness (QED) is 0.892. The molecule has 2 unspecified atom stereocenters. The highest BCUT2D eigenvalue weighted by molar-refractivity contribution is 6.32. The first-order valence-electron chi connectivity index (χ1n) is 7.93. The molecule has 1 amide bonds. The van der Waals surface area contributed by atoms with E-state index in [-0.39, 0.29) is 18.3 Å². The van der Waals surface area contributed by atoms with Crippen LogP contribution in [-0.4, -0.2) is 32.1 Å². The molecule has 0 radical (unpaired) electrons. The topological polar surface area (TPSA) is 41.6 Å². The lowest BCUT2D eigenvalue weighted by molar-refractivity contribution is -0.119. The molecular weight excluding hydrogens is 335 g/mol. The highest BCUT2D eigenvalue weighted by Crippen LogP contribution is 2.34. The molecule has 2 fully saturated rings. The molecule has 0 spiro atoms. The van der Waals surface area contributed by atoms with Crippen molar-refractivity contribution in [2.75, 3.05) is 19.1 Å². The minimum absolute atomic E-state index is 0. The Morgan fingerprint density at radius 2 is 2.00 bits per heavy atom. The SMILES string of the molecule is COc1ccc(N(C)C(=O)CC2CC3CCC(C2)N3)cc1Cl.Cl. The molecule has 0 aromatic heterocycles. The molecule has 2 aliphatic heterocycles. The van der Waals surface area contributed by atoms with Crippen molar-refractivity contribution in [1.82, 2.24) is 5.32 Å². The lowest BCUT2D eigenvalue weighted by Crippen LogP contribution is -2.40. The number of hydrogen-bond acceptors (Lipinski definition) is 3. The van der Waals surface area contributed by atoms with Crippen molar-refractivity contribution in [2.45, 2.75) is 44.2 Å². The van der Waals surface area contributed by atoms with Gasteiger partial charge in [-0.3, -0.25) is 4.79 Å². The fourth-order valence-electron chi connectivity index (χ4n) is 3.73. The second-order valence-electron chi connectivity index (χ2n) is 6.45. The molecule has 3 rings (SSSR count). The van der Waals surface area contributed by atoms with Crippen LogP contribution in [0.3, 0.4) is 0 Å². The number of carbonyl (C=O) groups excluding carboxylic acids is 1. The number of benzene rings is 1. The van der Waals surface area contributed by atoms with Gasteiger partial charge in [-0.15, -0.1) is 12.4 Å². The smallest absolute Gasteiger partial charge is 0.226 e. The molecule has 2 saturated heterocycles. The number of methoxy groups -OCH3 is 1. The number of nitrogens with one attached hydrogen (secondary N) is 1. The van der Waals surface area contributed by atoms with Gasteiger partial charge in [-0.25, -0.2) is 0 Å². The van der Waals surface area contributed by atoms with Gasteiger partial charge in [0.1, 0.15) is 5.75 Å². The predicted octanol–water partition coefficient (Wildman–Crippen LogP) is 3.65. The standard InChI is InChI=1S/C17H23ClN2O2.ClH/c1-20(14-5-6-16(22-2)15(18)10-14)17(21)9-11-7-12-3-4-13(8-11)19-12;/h5-6,10-13,19H,3-4,7-9H2,1-2H3;1H. The molecule has 23 heavy (non-hydrogen) atoms. The van der Waals surface area contributed by atoms with E-state index in [1.807, 2.05) is 13.1 Å². The maximum atomic E-state index is 12.5. The second-order valence-corrected chi connectivity index (χ2v) is 6.86. The summed E-state index contributed by atoms with van der Waals surface area (Å²) in [6.07, 6.45) is 5.40. The second kappa shape index (κ2) is 7.73. The van der Waals surface area contributed by atoms with Crippen molar-refractivity contribution in [1.29, 1.82) is 0 Å². The third kappa shape index (κ3) is 4.11. The molecule has 6 heteroatoms. The number of anilines is 1. The number of halogens is 2. The summed E-state index contributed by atoms with van der Waals surface area (Å²) in [7, 11) is 3.40. The summed E-state index contributed by atoms with van der Waals surface area (Å²) in [4.78, 5) is 14.2. The van der Waals surface area contributed by atoms with Crippen LogP contribution < -0.4 is 15.0 Å². The first-order chi connectivity index (χ1) is 10.6. The number of piperidine rings is 1. The van der Waals surface area contributed by atoms with Gasteiger partial charge in [-0.1, -0.05) is 11.6 Å². The molecule has 0 saturated carbocycles. The van der Waals surface area contributed by atoms with E-state index in [1.165, 1.54) is 12.8 Å². The van der Waals surface area contributed by atoms with Crippen molar-refractivity contribution in [3.63, 3.8) is 0 Å². The van der Waals surface area contributed by atoms with E-state index in [1.54, 1.807) is 24.1 Å². The number of rotatable bonds is 4. The number of ether oxygens (including phenoxy) is 1.